The third-order valence-electron chi connectivity index (χ3n) is 3.66. The summed E-state index contributed by atoms with van der Waals surface area (Å²) in [5, 5.41) is 0. The summed E-state index contributed by atoms with van der Waals surface area (Å²) in [6.45, 7) is 0.131. The van der Waals surface area contributed by atoms with Crippen molar-refractivity contribution >= 4 is 11.6 Å². The molecule has 0 aliphatic carbocycles. The van der Waals surface area contributed by atoms with Gasteiger partial charge >= 0.3 is 0 Å². The SMILES string of the molecule is CN1C(=O)COc2cc(CCc3ccccc3)ccc21. The summed E-state index contributed by atoms with van der Waals surface area (Å²) >= 11 is 0. The predicted octanol–water partition coefficient (Wildman–Crippen LogP) is 2.83. The fourth-order valence-corrected chi connectivity index (χ4v) is 2.41. The highest BCUT2D eigenvalue weighted by Gasteiger charge is 2.21. The molecule has 3 rings (SSSR count). The zero-order valence-electron chi connectivity index (χ0n) is 11.5. The number of likely N-dealkylation sites (N-methyl/N-ethyl adjacent to an activating group) is 1. The molecule has 2 aromatic carbocycles. The number of anilines is 1. The molecule has 1 aliphatic rings. The third kappa shape index (κ3) is 2.52. The fourth-order valence-electron chi connectivity index (χ4n) is 2.41. The van der Waals surface area contributed by atoms with Crippen molar-refractivity contribution < 1.29 is 9.53 Å². The van der Waals surface area contributed by atoms with Crippen molar-refractivity contribution in [2.45, 2.75) is 12.8 Å². The van der Waals surface area contributed by atoms with E-state index < -0.39 is 0 Å². The lowest BCUT2D eigenvalue weighted by atomic mass is 10.0. The number of rotatable bonds is 3. The highest BCUT2D eigenvalue weighted by molar-refractivity contribution is 5.97. The standard InChI is InChI=1S/C17H17NO2/c1-18-15-10-9-14(11-16(15)20-12-17(18)19)8-7-13-5-3-2-4-6-13/h2-6,9-11H,7-8,12H2,1H3. The van der Waals surface area contributed by atoms with Gasteiger partial charge in [0.1, 0.15) is 5.75 Å². The number of carbonyl (C=O) groups excluding carboxylic acids is 1. The fraction of sp³-hybridized carbons (Fsp3) is 0.235. The molecule has 0 fully saturated rings. The number of ether oxygens (including phenoxy) is 1. The minimum atomic E-state index is -0.00506. The number of benzene rings is 2. The van der Waals surface area contributed by atoms with Crippen LogP contribution >= 0.6 is 0 Å². The van der Waals surface area contributed by atoms with Gasteiger partial charge in [-0.05, 0) is 36.1 Å². The Morgan fingerprint density at radius 2 is 1.80 bits per heavy atom. The summed E-state index contributed by atoms with van der Waals surface area (Å²) in [5.41, 5.74) is 3.42. The zero-order chi connectivity index (χ0) is 13.9. The van der Waals surface area contributed by atoms with Crippen LogP contribution < -0.4 is 9.64 Å². The van der Waals surface area contributed by atoms with Crippen molar-refractivity contribution in [3.05, 3.63) is 59.7 Å². The summed E-state index contributed by atoms with van der Waals surface area (Å²) in [6, 6.07) is 16.5. The normalized spacial score (nSPS) is 13.8. The first-order valence-electron chi connectivity index (χ1n) is 6.80. The first-order chi connectivity index (χ1) is 9.74. The van der Waals surface area contributed by atoms with Gasteiger partial charge in [0.2, 0.25) is 0 Å². The number of nitrogens with zero attached hydrogens (tertiary/aromatic N) is 1. The molecule has 0 bridgehead atoms. The summed E-state index contributed by atoms with van der Waals surface area (Å²) < 4.78 is 5.51. The van der Waals surface area contributed by atoms with Gasteiger partial charge in [-0.2, -0.15) is 0 Å². The number of aryl methyl sites for hydroxylation is 2. The number of amides is 1. The zero-order valence-corrected chi connectivity index (χ0v) is 11.5. The van der Waals surface area contributed by atoms with Crippen LogP contribution in [0, 0.1) is 0 Å². The Morgan fingerprint density at radius 3 is 2.60 bits per heavy atom. The molecule has 0 aromatic heterocycles. The van der Waals surface area contributed by atoms with Crippen molar-refractivity contribution in [3.63, 3.8) is 0 Å². The minimum Gasteiger partial charge on any atom is -0.482 e. The molecule has 3 heteroatoms. The summed E-state index contributed by atoms with van der Waals surface area (Å²) in [4.78, 5) is 13.2. The van der Waals surface area contributed by atoms with E-state index in [1.165, 1.54) is 11.1 Å². The molecule has 0 spiro atoms. The van der Waals surface area contributed by atoms with Crippen molar-refractivity contribution in [2.24, 2.45) is 0 Å². The molecular weight excluding hydrogens is 250 g/mol. The van der Waals surface area contributed by atoms with Gasteiger partial charge in [0.05, 0.1) is 5.69 Å². The number of hydrogen-bond donors (Lipinski definition) is 0. The van der Waals surface area contributed by atoms with Gasteiger partial charge in [-0.3, -0.25) is 4.79 Å². The molecule has 3 nitrogen and oxygen atoms in total. The van der Waals surface area contributed by atoms with Crippen LogP contribution in [0.4, 0.5) is 5.69 Å². The van der Waals surface area contributed by atoms with E-state index in [1.54, 1.807) is 11.9 Å². The lowest BCUT2D eigenvalue weighted by Gasteiger charge is -2.26. The molecule has 2 aromatic rings. The Bertz CT molecular complexity index is 622. The molecule has 102 valence electrons. The van der Waals surface area contributed by atoms with Crippen LogP contribution in [0.5, 0.6) is 5.75 Å². The van der Waals surface area contributed by atoms with Gasteiger partial charge in [-0.1, -0.05) is 36.4 Å². The molecule has 20 heavy (non-hydrogen) atoms. The predicted molar refractivity (Wildman–Crippen MR) is 79.2 cm³/mol. The highest BCUT2D eigenvalue weighted by atomic mass is 16.5. The molecule has 0 saturated carbocycles. The van der Waals surface area contributed by atoms with Crippen LogP contribution in [0.25, 0.3) is 0 Å². The molecule has 1 heterocycles. The largest absolute Gasteiger partial charge is 0.482 e. The second-order valence-corrected chi connectivity index (χ2v) is 5.03. The van der Waals surface area contributed by atoms with E-state index in [4.69, 9.17) is 4.74 Å². The maximum absolute atomic E-state index is 11.6. The Labute approximate surface area is 118 Å². The molecule has 0 saturated heterocycles. The van der Waals surface area contributed by atoms with Crippen molar-refractivity contribution in [1.29, 1.82) is 0 Å². The van der Waals surface area contributed by atoms with Gasteiger partial charge in [0.25, 0.3) is 5.91 Å². The average molecular weight is 267 g/mol. The molecule has 0 N–H and O–H groups in total. The smallest absolute Gasteiger partial charge is 0.264 e. The second-order valence-electron chi connectivity index (χ2n) is 5.03. The molecule has 0 unspecified atom stereocenters. The van der Waals surface area contributed by atoms with Crippen LogP contribution in [-0.4, -0.2) is 19.6 Å². The Morgan fingerprint density at radius 1 is 1.05 bits per heavy atom. The highest BCUT2D eigenvalue weighted by Crippen LogP contribution is 2.32. The molecule has 0 atom stereocenters. The van der Waals surface area contributed by atoms with Crippen LogP contribution in [0.2, 0.25) is 0 Å². The summed E-state index contributed by atoms with van der Waals surface area (Å²) in [6.07, 6.45) is 1.98. The van der Waals surface area contributed by atoms with Gasteiger partial charge in [-0.15, -0.1) is 0 Å². The van der Waals surface area contributed by atoms with Crippen molar-refractivity contribution in [3.8, 4) is 5.75 Å². The van der Waals surface area contributed by atoms with E-state index in [0.717, 1.165) is 24.3 Å². The van der Waals surface area contributed by atoms with Gasteiger partial charge < -0.3 is 9.64 Å². The number of fused-ring (bicyclic) bond motifs is 1. The van der Waals surface area contributed by atoms with Crippen LogP contribution in [0.15, 0.2) is 48.5 Å². The molecular formula is C17H17NO2. The van der Waals surface area contributed by atoms with E-state index >= 15 is 0 Å². The first-order valence-corrected chi connectivity index (χ1v) is 6.80. The lowest BCUT2D eigenvalue weighted by Crippen LogP contribution is -2.35. The van der Waals surface area contributed by atoms with Crippen LogP contribution in [0.1, 0.15) is 11.1 Å². The van der Waals surface area contributed by atoms with Gasteiger partial charge in [0.15, 0.2) is 6.61 Å². The first kappa shape index (κ1) is 12.7. The van der Waals surface area contributed by atoms with E-state index in [-0.39, 0.29) is 12.5 Å². The Balaban J connectivity index is 1.75. The van der Waals surface area contributed by atoms with E-state index in [9.17, 15) is 4.79 Å². The number of hydrogen-bond acceptors (Lipinski definition) is 2. The van der Waals surface area contributed by atoms with E-state index in [1.807, 2.05) is 18.2 Å². The maximum Gasteiger partial charge on any atom is 0.264 e. The van der Waals surface area contributed by atoms with Gasteiger partial charge in [0, 0.05) is 7.05 Å². The topological polar surface area (TPSA) is 29.5 Å². The quantitative estimate of drug-likeness (QED) is 0.856. The monoisotopic (exact) mass is 267 g/mol. The lowest BCUT2D eigenvalue weighted by molar-refractivity contribution is -0.120. The van der Waals surface area contributed by atoms with Crippen LogP contribution in [0.3, 0.4) is 0 Å². The van der Waals surface area contributed by atoms with E-state index in [0.29, 0.717) is 0 Å². The summed E-state index contributed by atoms with van der Waals surface area (Å²) in [7, 11) is 1.79. The van der Waals surface area contributed by atoms with E-state index in [2.05, 4.69) is 30.3 Å². The Kier molecular flexibility index (Phi) is 3.42. The van der Waals surface area contributed by atoms with Crippen LogP contribution in [-0.2, 0) is 17.6 Å². The third-order valence-corrected chi connectivity index (χ3v) is 3.66. The molecule has 1 aliphatic heterocycles. The Hall–Kier alpha value is -2.29. The molecule has 0 radical (unpaired) electrons. The second kappa shape index (κ2) is 5.37. The maximum atomic E-state index is 11.6. The van der Waals surface area contributed by atoms with Gasteiger partial charge in [-0.25, -0.2) is 0 Å². The van der Waals surface area contributed by atoms with Crippen molar-refractivity contribution in [1.82, 2.24) is 0 Å². The van der Waals surface area contributed by atoms with Crippen molar-refractivity contribution in [2.75, 3.05) is 18.6 Å². The molecule has 1 amide bonds. The average Bonchev–Trinajstić information content (AvgIpc) is 2.50. The summed E-state index contributed by atoms with van der Waals surface area (Å²) in [5.74, 6) is 0.798. The number of carbonyl (C=O) groups is 1. The minimum absolute atomic E-state index is 0.00506.